The van der Waals surface area contributed by atoms with E-state index in [0.717, 1.165) is 28.3 Å². The summed E-state index contributed by atoms with van der Waals surface area (Å²) < 4.78 is 50.9. The van der Waals surface area contributed by atoms with Crippen LogP contribution in [0.4, 0.5) is 10.1 Å². The molecule has 0 saturated heterocycles. The summed E-state index contributed by atoms with van der Waals surface area (Å²) in [5, 5.41) is 2.56. The van der Waals surface area contributed by atoms with Crippen LogP contribution in [-0.4, -0.2) is 39.3 Å². The van der Waals surface area contributed by atoms with E-state index in [1.807, 2.05) is 6.92 Å². The van der Waals surface area contributed by atoms with Crippen molar-refractivity contribution >= 4 is 21.6 Å². The summed E-state index contributed by atoms with van der Waals surface area (Å²) in [6.07, 6.45) is 0. The van der Waals surface area contributed by atoms with Crippen molar-refractivity contribution in [2.24, 2.45) is 0 Å². The fraction of sp³-hybridized carbons (Fsp3) is 0.174. The zero-order valence-electron chi connectivity index (χ0n) is 17.8. The largest absolute Gasteiger partial charge is 0.494 e. The van der Waals surface area contributed by atoms with E-state index in [1.54, 1.807) is 48.5 Å². The van der Waals surface area contributed by atoms with Gasteiger partial charge in [0.05, 0.1) is 17.1 Å². The molecule has 0 bridgehead atoms. The number of halogens is 1. The number of carbonyl (C=O) groups excluding carboxylic acids is 1. The third-order valence-electron chi connectivity index (χ3n) is 4.44. The molecule has 3 aromatic carbocycles. The van der Waals surface area contributed by atoms with Crippen LogP contribution in [0.15, 0.2) is 71.6 Å². The Morgan fingerprint density at radius 1 is 0.938 bits per heavy atom. The number of anilines is 1. The molecule has 7 nitrogen and oxygen atoms in total. The lowest BCUT2D eigenvalue weighted by molar-refractivity contribution is 0.102. The van der Waals surface area contributed by atoms with E-state index in [1.165, 1.54) is 14.1 Å². The zero-order valence-corrected chi connectivity index (χ0v) is 18.6. The van der Waals surface area contributed by atoms with Gasteiger partial charge in [-0.1, -0.05) is 0 Å². The maximum absolute atomic E-state index is 14.2. The molecule has 168 valence electrons. The molecule has 0 heterocycles. The maximum Gasteiger partial charge on any atom is 0.258 e. The lowest BCUT2D eigenvalue weighted by Crippen LogP contribution is -2.23. The molecule has 3 aromatic rings. The maximum atomic E-state index is 14.2. The smallest absolute Gasteiger partial charge is 0.258 e. The Morgan fingerprint density at radius 3 is 2.06 bits per heavy atom. The molecule has 0 spiro atoms. The topological polar surface area (TPSA) is 84.9 Å². The monoisotopic (exact) mass is 458 g/mol. The van der Waals surface area contributed by atoms with Crippen molar-refractivity contribution in [3.63, 3.8) is 0 Å². The lowest BCUT2D eigenvalue weighted by atomic mass is 10.2. The van der Waals surface area contributed by atoms with Gasteiger partial charge in [-0.2, -0.15) is 0 Å². The number of benzene rings is 3. The average molecular weight is 459 g/mol. The van der Waals surface area contributed by atoms with Crippen LogP contribution in [0.2, 0.25) is 0 Å². The lowest BCUT2D eigenvalue weighted by Gasteiger charge is -2.13. The second-order valence-electron chi connectivity index (χ2n) is 6.91. The van der Waals surface area contributed by atoms with Gasteiger partial charge >= 0.3 is 0 Å². The van der Waals surface area contributed by atoms with Crippen LogP contribution in [0.25, 0.3) is 0 Å². The molecular formula is C23H23FN2O5S. The number of ether oxygens (including phenoxy) is 2. The minimum Gasteiger partial charge on any atom is -0.494 e. The van der Waals surface area contributed by atoms with Crippen LogP contribution >= 0.6 is 0 Å². The van der Waals surface area contributed by atoms with Crippen LogP contribution in [0.1, 0.15) is 17.3 Å². The molecule has 1 amide bonds. The molecule has 0 saturated carbocycles. The summed E-state index contributed by atoms with van der Waals surface area (Å²) in [7, 11) is -1.09. The fourth-order valence-electron chi connectivity index (χ4n) is 2.76. The number of rotatable bonds is 8. The first-order valence-corrected chi connectivity index (χ1v) is 11.2. The molecule has 0 aliphatic heterocycles. The first-order valence-electron chi connectivity index (χ1n) is 9.75. The van der Waals surface area contributed by atoms with E-state index in [4.69, 9.17) is 9.47 Å². The number of sulfonamides is 1. The molecule has 1 N–H and O–H groups in total. The average Bonchev–Trinajstić information content (AvgIpc) is 2.76. The molecular weight excluding hydrogens is 435 g/mol. The van der Waals surface area contributed by atoms with E-state index in [9.17, 15) is 17.6 Å². The van der Waals surface area contributed by atoms with Crippen LogP contribution < -0.4 is 14.8 Å². The Bertz CT molecular complexity index is 1190. The summed E-state index contributed by atoms with van der Waals surface area (Å²) in [4.78, 5) is 12.4. The highest BCUT2D eigenvalue weighted by molar-refractivity contribution is 7.89. The fourth-order valence-corrected chi connectivity index (χ4v) is 3.69. The summed E-state index contributed by atoms with van der Waals surface area (Å²) in [5.41, 5.74) is 0.0250. The Morgan fingerprint density at radius 2 is 1.50 bits per heavy atom. The standard InChI is InChI=1S/C23H23FN2O5S/c1-4-30-17-9-11-19(12-10-17)31-18-7-5-16(6-8-18)25-23(27)21-15-20(13-14-22(21)24)32(28,29)26(2)3/h5-15H,4H2,1-3H3,(H,25,27). The highest BCUT2D eigenvalue weighted by atomic mass is 32.2. The highest BCUT2D eigenvalue weighted by Crippen LogP contribution is 2.26. The van der Waals surface area contributed by atoms with E-state index in [2.05, 4.69) is 5.32 Å². The van der Waals surface area contributed by atoms with E-state index in [-0.39, 0.29) is 10.5 Å². The second kappa shape index (κ2) is 9.80. The molecule has 3 rings (SSSR count). The highest BCUT2D eigenvalue weighted by Gasteiger charge is 2.21. The molecule has 32 heavy (non-hydrogen) atoms. The van der Waals surface area contributed by atoms with Gasteiger partial charge in [0, 0.05) is 19.8 Å². The van der Waals surface area contributed by atoms with Crippen LogP contribution in [0, 0.1) is 5.82 Å². The van der Waals surface area contributed by atoms with Gasteiger partial charge in [0.2, 0.25) is 10.0 Å². The van der Waals surface area contributed by atoms with Crippen molar-refractivity contribution in [3.8, 4) is 17.2 Å². The number of hydrogen-bond acceptors (Lipinski definition) is 5. The first-order chi connectivity index (χ1) is 15.2. The predicted octanol–water partition coefficient (Wildman–Crippen LogP) is 4.52. The van der Waals surface area contributed by atoms with Crippen molar-refractivity contribution in [3.05, 3.63) is 78.1 Å². The van der Waals surface area contributed by atoms with Gasteiger partial charge in [-0.3, -0.25) is 4.79 Å². The van der Waals surface area contributed by atoms with Gasteiger partial charge in [-0.05, 0) is 73.7 Å². The molecule has 0 radical (unpaired) electrons. The first kappa shape index (κ1) is 23.2. The number of carbonyl (C=O) groups is 1. The van der Waals surface area contributed by atoms with Gasteiger partial charge in [0.15, 0.2) is 0 Å². The zero-order chi connectivity index (χ0) is 23.3. The molecule has 0 fully saturated rings. The van der Waals surface area contributed by atoms with Crippen molar-refractivity contribution in [2.45, 2.75) is 11.8 Å². The van der Waals surface area contributed by atoms with Crippen LogP contribution in [0.5, 0.6) is 17.2 Å². The predicted molar refractivity (Wildman–Crippen MR) is 119 cm³/mol. The Labute approximate surface area is 186 Å². The quantitative estimate of drug-likeness (QED) is 0.537. The molecule has 0 unspecified atom stereocenters. The summed E-state index contributed by atoms with van der Waals surface area (Å²) in [6.45, 7) is 2.48. The van der Waals surface area contributed by atoms with E-state index < -0.39 is 21.7 Å². The van der Waals surface area contributed by atoms with E-state index >= 15 is 0 Å². The van der Waals surface area contributed by atoms with Crippen LogP contribution in [0.3, 0.4) is 0 Å². The third kappa shape index (κ3) is 5.43. The van der Waals surface area contributed by atoms with Gasteiger partial charge in [-0.15, -0.1) is 0 Å². The van der Waals surface area contributed by atoms with Crippen molar-refractivity contribution in [2.75, 3.05) is 26.0 Å². The van der Waals surface area contributed by atoms with E-state index in [0.29, 0.717) is 23.8 Å². The summed E-state index contributed by atoms with van der Waals surface area (Å²) >= 11 is 0. The number of hydrogen-bond donors (Lipinski definition) is 1. The molecule has 0 atom stereocenters. The number of nitrogens with one attached hydrogen (secondary N) is 1. The Balaban J connectivity index is 1.71. The second-order valence-corrected chi connectivity index (χ2v) is 9.07. The summed E-state index contributed by atoms with van der Waals surface area (Å²) in [6, 6.07) is 16.7. The third-order valence-corrected chi connectivity index (χ3v) is 6.25. The number of amides is 1. The van der Waals surface area contributed by atoms with Crippen molar-refractivity contribution < 1.29 is 27.1 Å². The van der Waals surface area contributed by atoms with Crippen LogP contribution in [-0.2, 0) is 10.0 Å². The minimum absolute atomic E-state index is 0.173. The molecule has 0 aromatic heterocycles. The van der Waals surface area contributed by atoms with Gasteiger partial charge < -0.3 is 14.8 Å². The van der Waals surface area contributed by atoms with Gasteiger partial charge in [0.25, 0.3) is 5.91 Å². The van der Waals surface area contributed by atoms with Crippen molar-refractivity contribution in [1.82, 2.24) is 4.31 Å². The Hall–Kier alpha value is -3.43. The Kier molecular flexibility index (Phi) is 7.12. The van der Waals surface area contributed by atoms with Gasteiger partial charge in [0.1, 0.15) is 23.1 Å². The SMILES string of the molecule is CCOc1ccc(Oc2ccc(NC(=O)c3cc(S(=O)(=O)N(C)C)ccc3F)cc2)cc1. The molecule has 0 aliphatic carbocycles. The normalized spacial score (nSPS) is 11.3. The minimum atomic E-state index is -3.80. The summed E-state index contributed by atoms with van der Waals surface area (Å²) in [5.74, 6) is 0.311. The molecule has 9 heteroatoms. The van der Waals surface area contributed by atoms with Crippen molar-refractivity contribution in [1.29, 1.82) is 0 Å². The number of nitrogens with zero attached hydrogens (tertiary/aromatic N) is 1. The molecule has 0 aliphatic rings. The van der Waals surface area contributed by atoms with Gasteiger partial charge in [-0.25, -0.2) is 17.1 Å².